The molecule has 1 saturated heterocycles. The fourth-order valence-corrected chi connectivity index (χ4v) is 3.77. The van der Waals surface area contributed by atoms with E-state index in [1.54, 1.807) is 24.3 Å². The molecule has 7 heteroatoms. The van der Waals surface area contributed by atoms with Gasteiger partial charge in [0, 0.05) is 10.6 Å². The van der Waals surface area contributed by atoms with Gasteiger partial charge in [-0.25, -0.2) is 0 Å². The van der Waals surface area contributed by atoms with Crippen molar-refractivity contribution in [3.05, 3.63) is 82.1 Å². The van der Waals surface area contributed by atoms with Crippen LogP contribution in [0.15, 0.2) is 64.6 Å². The number of nitrogens with zero attached hydrogens (tertiary/aromatic N) is 1. The minimum atomic E-state index is -0.563. The number of furan rings is 1. The van der Waals surface area contributed by atoms with E-state index in [9.17, 15) is 9.59 Å². The van der Waals surface area contributed by atoms with Crippen molar-refractivity contribution in [3.8, 4) is 11.3 Å². The van der Waals surface area contributed by atoms with Gasteiger partial charge in [-0.3, -0.25) is 19.8 Å². The molecule has 0 unspecified atom stereocenters. The van der Waals surface area contributed by atoms with Crippen molar-refractivity contribution in [1.29, 1.82) is 0 Å². The molecule has 1 fully saturated rings. The van der Waals surface area contributed by atoms with Crippen molar-refractivity contribution in [2.45, 2.75) is 13.8 Å². The molecule has 1 aliphatic heterocycles. The first-order chi connectivity index (χ1) is 14.3. The van der Waals surface area contributed by atoms with Crippen molar-refractivity contribution in [1.82, 2.24) is 5.32 Å². The number of hydrogen-bond donors (Lipinski definition) is 1. The van der Waals surface area contributed by atoms with Crippen LogP contribution in [0.4, 0.5) is 5.69 Å². The van der Waals surface area contributed by atoms with E-state index >= 15 is 0 Å². The zero-order chi connectivity index (χ0) is 21.4. The third-order valence-electron chi connectivity index (χ3n) is 4.72. The summed E-state index contributed by atoms with van der Waals surface area (Å²) in [5.74, 6) is -0.116. The van der Waals surface area contributed by atoms with Gasteiger partial charge in [0.25, 0.3) is 11.8 Å². The standard InChI is InChI=1S/C23H17ClN2O3S/c1-13-6-8-19(14(2)10-13)26-22(28)18(21(27)25-23(26)30)12-17-7-9-20(29-17)15-4-3-5-16(24)11-15/h3-12H,1-2H3,(H,25,27,30)/b18-12+. The van der Waals surface area contributed by atoms with E-state index in [0.717, 1.165) is 16.7 Å². The van der Waals surface area contributed by atoms with E-state index in [0.29, 0.717) is 22.2 Å². The normalized spacial score (nSPS) is 15.6. The molecule has 2 aromatic carbocycles. The first-order valence-electron chi connectivity index (χ1n) is 9.18. The van der Waals surface area contributed by atoms with E-state index in [4.69, 9.17) is 28.2 Å². The summed E-state index contributed by atoms with van der Waals surface area (Å²) in [7, 11) is 0. The summed E-state index contributed by atoms with van der Waals surface area (Å²) in [6.45, 7) is 3.86. The largest absolute Gasteiger partial charge is 0.457 e. The maximum Gasteiger partial charge on any atom is 0.270 e. The summed E-state index contributed by atoms with van der Waals surface area (Å²) in [6.07, 6.45) is 1.42. The number of anilines is 1. The molecule has 1 aliphatic rings. The van der Waals surface area contributed by atoms with E-state index in [1.165, 1.54) is 11.0 Å². The van der Waals surface area contributed by atoms with Crippen molar-refractivity contribution in [2.75, 3.05) is 4.90 Å². The van der Waals surface area contributed by atoms with Gasteiger partial charge in [0.2, 0.25) is 0 Å². The lowest BCUT2D eigenvalue weighted by Crippen LogP contribution is -2.54. The van der Waals surface area contributed by atoms with Gasteiger partial charge in [-0.05, 0) is 68.0 Å². The topological polar surface area (TPSA) is 62.6 Å². The first kappa shape index (κ1) is 20.1. The molecule has 4 rings (SSSR count). The van der Waals surface area contributed by atoms with Crippen molar-refractivity contribution < 1.29 is 14.0 Å². The van der Waals surface area contributed by atoms with Crippen LogP contribution in [-0.2, 0) is 9.59 Å². The fourth-order valence-electron chi connectivity index (χ4n) is 3.30. The Bertz CT molecular complexity index is 1230. The van der Waals surface area contributed by atoms with Crippen LogP contribution in [0, 0.1) is 13.8 Å². The molecule has 3 aromatic rings. The van der Waals surface area contributed by atoms with Crippen molar-refractivity contribution in [2.24, 2.45) is 0 Å². The van der Waals surface area contributed by atoms with Gasteiger partial charge in [0.15, 0.2) is 5.11 Å². The zero-order valence-electron chi connectivity index (χ0n) is 16.2. The van der Waals surface area contributed by atoms with Gasteiger partial charge in [-0.15, -0.1) is 0 Å². The molecule has 0 bridgehead atoms. The molecule has 0 saturated carbocycles. The first-order valence-corrected chi connectivity index (χ1v) is 9.96. The number of benzene rings is 2. The monoisotopic (exact) mass is 436 g/mol. The molecule has 1 aromatic heterocycles. The summed E-state index contributed by atoms with van der Waals surface area (Å²) in [4.78, 5) is 27.0. The lowest BCUT2D eigenvalue weighted by Gasteiger charge is -2.30. The third-order valence-corrected chi connectivity index (χ3v) is 5.24. The number of nitrogens with one attached hydrogen (secondary N) is 1. The summed E-state index contributed by atoms with van der Waals surface area (Å²) in [5.41, 5.74) is 3.30. The molecule has 1 N–H and O–H groups in total. The Hall–Kier alpha value is -3.22. The zero-order valence-corrected chi connectivity index (χ0v) is 17.8. The summed E-state index contributed by atoms with van der Waals surface area (Å²) in [6, 6.07) is 16.3. The van der Waals surface area contributed by atoms with Crippen LogP contribution in [-0.4, -0.2) is 16.9 Å². The van der Waals surface area contributed by atoms with Crippen LogP contribution in [0.5, 0.6) is 0 Å². The van der Waals surface area contributed by atoms with Crippen molar-refractivity contribution >= 4 is 52.5 Å². The Kier molecular flexibility index (Phi) is 5.28. The second-order valence-electron chi connectivity index (χ2n) is 6.96. The summed E-state index contributed by atoms with van der Waals surface area (Å²) >= 11 is 11.3. The smallest absolute Gasteiger partial charge is 0.270 e. The minimum absolute atomic E-state index is 0.0492. The van der Waals surface area contributed by atoms with Crippen LogP contribution in [0.2, 0.25) is 5.02 Å². The Morgan fingerprint density at radius 3 is 2.60 bits per heavy atom. The number of rotatable bonds is 3. The molecular weight excluding hydrogens is 420 g/mol. The quantitative estimate of drug-likeness (QED) is 0.354. The van der Waals surface area contributed by atoms with Crippen LogP contribution in [0.3, 0.4) is 0 Å². The molecule has 150 valence electrons. The molecule has 30 heavy (non-hydrogen) atoms. The van der Waals surface area contributed by atoms with Crippen molar-refractivity contribution in [3.63, 3.8) is 0 Å². The molecule has 5 nitrogen and oxygen atoms in total. The molecule has 0 spiro atoms. The van der Waals surface area contributed by atoms with Crippen LogP contribution in [0.25, 0.3) is 17.4 Å². The van der Waals surface area contributed by atoms with Crippen LogP contribution < -0.4 is 10.2 Å². The molecule has 0 aliphatic carbocycles. The van der Waals surface area contributed by atoms with Gasteiger partial charge in [-0.1, -0.05) is 41.4 Å². The maximum atomic E-state index is 13.2. The number of aryl methyl sites for hydroxylation is 2. The molecule has 0 radical (unpaired) electrons. The SMILES string of the molecule is Cc1ccc(N2C(=O)/C(=C/c3ccc(-c4cccc(Cl)c4)o3)C(=O)NC2=S)c(C)c1. The van der Waals surface area contributed by atoms with Gasteiger partial charge < -0.3 is 4.42 Å². The number of amides is 2. The Labute approximate surface area is 183 Å². The predicted octanol–water partition coefficient (Wildman–Crippen LogP) is 5.05. The number of halogens is 1. The second-order valence-corrected chi connectivity index (χ2v) is 7.78. The number of hydrogen-bond acceptors (Lipinski definition) is 4. The second kappa shape index (κ2) is 7.89. The summed E-state index contributed by atoms with van der Waals surface area (Å²) < 4.78 is 5.81. The highest BCUT2D eigenvalue weighted by molar-refractivity contribution is 7.80. The minimum Gasteiger partial charge on any atom is -0.457 e. The highest BCUT2D eigenvalue weighted by Gasteiger charge is 2.35. The predicted molar refractivity (Wildman–Crippen MR) is 121 cm³/mol. The average molecular weight is 437 g/mol. The van der Waals surface area contributed by atoms with Gasteiger partial charge >= 0.3 is 0 Å². The highest BCUT2D eigenvalue weighted by Crippen LogP contribution is 2.28. The molecule has 2 heterocycles. The van der Waals surface area contributed by atoms with E-state index in [-0.39, 0.29) is 10.7 Å². The summed E-state index contributed by atoms with van der Waals surface area (Å²) in [5, 5.41) is 3.22. The van der Waals surface area contributed by atoms with Gasteiger partial charge in [0.05, 0.1) is 5.69 Å². The molecule has 2 amide bonds. The molecule has 0 atom stereocenters. The van der Waals surface area contributed by atoms with E-state index in [1.807, 2.05) is 44.2 Å². The number of carbonyl (C=O) groups is 2. The average Bonchev–Trinajstić information content (AvgIpc) is 3.15. The lowest BCUT2D eigenvalue weighted by atomic mass is 10.1. The Morgan fingerprint density at radius 2 is 1.87 bits per heavy atom. The van der Waals surface area contributed by atoms with E-state index in [2.05, 4.69) is 5.32 Å². The number of carbonyl (C=O) groups excluding carboxylic acids is 2. The van der Waals surface area contributed by atoms with Gasteiger partial charge in [-0.2, -0.15) is 0 Å². The molecular formula is C23H17ClN2O3S. The maximum absolute atomic E-state index is 13.2. The van der Waals surface area contributed by atoms with Crippen LogP contribution in [0.1, 0.15) is 16.9 Å². The lowest BCUT2D eigenvalue weighted by molar-refractivity contribution is -0.122. The third kappa shape index (κ3) is 3.79. The Balaban J connectivity index is 1.70. The highest BCUT2D eigenvalue weighted by atomic mass is 35.5. The fraction of sp³-hybridized carbons (Fsp3) is 0.0870. The van der Waals surface area contributed by atoms with E-state index < -0.39 is 11.8 Å². The number of thiocarbonyl (C=S) groups is 1. The Morgan fingerprint density at radius 1 is 1.07 bits per heavy atom. The van der Waals surface area contributed by atoms with Crippen LogP contribution >= 0.6 is 23.8 Å². The van der Waals surface area contributed by atoms with Gasteiger partial charge in [0.1, 0.15) is 17.1 Å².